The summed E-state index contributed by atoms with van der Waals surface area (Å²) in [5.74, 6) is 0. The van der Waals surface area contributed by atoms with Gasteiger partial charge in [-0.3, -0.25) is 0 Å². The van der Waals surface area contributed by atoms with Gasteiger partial charge in [0.2, 0.25) is 0 Å². The Morgan fingerprint density at radius 2 is 0.559 bits per heavy atom. The molecule has 0 heterocycles. The van der Waals surface area contributed by atoms with Gasteiger partial charge in [-0.25, -0.2) is 4.57 Å². The quantitative estimate of drug-likeness (QED) is 0.0568. The Labute approximate surface area is 403 Å². The van der Waals surface area contributed by atoms with Gasteiger partial charge in [-0.05, 0) is 125 Å². The summed E-state index contributed by atoms with van der Waals surface area (Å²) in [6, 6.07) is 79.0. The zero-order chi connectivity index (χ0) is 48.0. The molecule has 350 valence electrons. The lowest BCUT2D eigenvalue weighted by atomic mass is 9.96. The number of phosphoric acid groups is 1. The van der Waals surface area contributed by atoms with E-state index in [2.05, 4.69) is 234 Å². The lowest BCUT2D eigenvalue weighted by molar-refractivity contribution is 0.275. The molecule has 0 radical (unpaired) electrons. The average Bonchev–Trinajstić information content (AvgIpc) is 3.38. The molecule has 0 aliphatic rings. The predicted octanol–water partition coefficient (Wildman–Crippen LogP) is 13.3. The molecule has 0 saturated carbocycles. The highest BCUT2D eigenvalue weighted by atomic mass is 31.2. The lowest BCUT2D eigenvalue weighted by Gasteiger charge is -2.17. The first-order valence-electron chi connectivity index (χ1n) is 23.5. The fourth-order valence-electron chi connectivity index (χ4n) is 8.92. The Kier molecular flexibility index (Phi) is 20.3. The zero-order valence-corrected chi connectivity index (χ0v) is 40.4. The Hall–Kier alpha value is -6.25. The standard InChI is InChI=1S/3C20H21N.H3O4P/c3*1-21-20(18-9-3-2-4-10-18)15-14-17-12-7-11-16-8-5-6-13-19(16)17;1-5(2,3)4/h3*2-13,20-21H,14-15H2,1H3;(H3,1,2,3,4). The van der Waals surface area contributed by atoms with Gasteiger partial charge < -0.3 is 30.6 Å². The molecule has 0 fully saturated rings. The Bertz CT molecular complexity index is 2590. The molecule has 0 saturated heterocycles. The number of rotatable bonds is 15. The van der Waals surface area contributed by atoms with Crippen LogP contribution in [0, 0.1) is 0 Å². The molecule has 9 aromatic carbocycles. The van der Waals surface area contributed by atoms with Gasteiger partial charge in [-0.1, -0.05) is 218 Å². The summed E-state index contributed by atoms with van der Waals surface area (Å²) in [7, 11) is 1.49. The summed E-state index contributed by atoms with van der Waals surface area (Å²) in [5, 5.41) is 18.4. The Morgan fingerprint density at radius 3 is 0.809 bits per heavy atom. The van der Waals surface area contributed by atoms with Crippen molar-refractivity contribution in [1.29, 1.82) is 0 Å². The van der Waals surface area contributed by atoms with Crippen molar-refractivity contribution in [2.75, 3.05) is 21.1 Å². The molecule has 9 aromatic rings. The number of nitrogens with one attached hydrogen (secondary N) is 3. The molecule has 7 nitrogen and oxygen atoms in total. The van der Waals surface area contributed by atoms with Gasteiger partial charge in [0.15, 0.2) is 0 Å². The second kappa shape index (κ2) is 26.9. The van der Waals surface area contributed by atoms with E-state index in [9.17, 15) is 0 Å². The molecule has 0 aliphatic heterocycles. The van der Waals surface area contributed by atoms with Crippen LogP contribution in [0.3, 0.4) is 0 Å². The van der Waals surface area contributed by atoms with E-state index < -0.39 is 7.82 Å². The number of fused-ring (bicyclic) bond motifs is 3. The van der Waals surface area contributed by atoms with Gasteiger partial charge >= 0.3 is 7.82 Å². The van der Waals surface area contributed by atoms with Gasteiger partial charge in [0.1, 0.15) is 0 Å². The fraction of sp³-hybridized carbons (Fsp3) is 0.200. The van der Waals surface area contributed by atoms with Crippen LogP contribution in [0.2, 0.25) is 0 Å². The second-order valence-electron chi connectivity index (χ2n) is 16.8. The minimum absolute atomic E-state index is 0.408. The maximum absolute atomic E-state index is 8.88. The van der Waals surface area contributed by atoms with Crippen molar-refractivity contribution in [3.63, 3.8) is 0 Å². The summed E-state index contributed by atoms with van der Waals surface area (Å²) in [6.45, 7) is 0. The monoisotopic (exact) mass is 923 g/mol. The van der Waals surface area contributed by atoms with E-state index in [1.807, 2.05) is 21.1 Å². The van der Waals surface area contributed by atoms with E-state index in [0.717, 1.165) is 38.5 Å². The number of hydrogen-bond donors (Lipinski definition) is 6. The van der Waals surface area contributed by atoms with Crippen LogP contribution in [0.4, 0.5) is 0 Å². The Balaban J connectivity index is 0.000000160. The first-order valence-corrected chi connectivity index (χ1v) is 25.1. The van der Waals surface area contributed by atoms with E-state index in [1.165, 1.54) is 65.7 Å². The highest BCUT2D eigenvalue weighted by Gasteiger charge is 2.12. The van der Waals surface area contributed by atoms with Crippen LogP contribution in [-0.4, -0.2) is 35.8 Å². The van der Waals surface area contributed by atoms with Crippen LogP contribution in [0.15, 0.2) is 218 Å². The highest BCUT2D eigenvalue weighted by Crippen LogP contribution is 2.28. The van der Waals surface area contributed by atoms with E-state index in [-0.39, 0.29) is 0 Å². The molecule has 6 N–H and O–H groups in total. The van der Waals surface area contributed by atoms with Gasteiger partial charge in [0, 0.05) is 18.1 Å². The van der Waals surface area contributed by atoms with Crippen LogP contribution in [0.5, 0.6) is 0 Å². The van der Waals surface area contributed by atoms with Crippen molar-refractivity contribution >= 4 is 40.1 Å². The van der Waals surface area contributed by atoms with E-state index in [1.54, 1.807) is 0 Å². The smallest absolute Gasteiger partial charge is 0.313 e. The minimum atomic E-state index is -4.64. The van der Waals surface area contributed by atoms with Crippen molar-refractivity contribution in [3.05, 3.63) is 252 Å². The van der Waals surface area contributed by atoms with Gasteiger partial charge in [0.05, 0.1) is 0 Å². The Morgan fingerprint density at radius 1 is 0.338 bits per heavy atom. The molecular weight excluding hydrogens is 858 g/mol. The van der Waals surface area contributed by atoms with Crippen LogP contribution >= 0.6 is 7.82 Å². The molecule has 8 heteroatoms. The average molecular weight is 924 g/mol. The number of hydrogen-bond acceptors (Lipinski definition) is 4. The molecular formula is C60H66N3O4P. The molecule has 3 unspecified atom stereocenters. The maximum Gasteiger partial charge on any atom is 0.466 e. The molecule has 0 amide bonds. The molecule has 68 heavy (non-hydrogen) atoms. The molecule has 9 rings (SSSR count). The topological polar surface area (TPSA) is 114 Å². The summed E-state index contributed by atoms with van der Waals surface area (Å²) in [5.41, 5.74) is 8.39. The molecule has 0 bridgehead atoms. The van der Waals surface area contributed by atoms with E-state index in [0.29, 0.717) is 18.1 Å². The third kappa shape index (κ3) is 15.9. The summed E-state index contributed by atoms with van der Waals surface area (Å²) < 4.78 is 8.88. The maximum atomic E-state index is 8.88. The van der Waals surface area contributed by atoms with Crippen molar-refractivity contribution in [2.45, 2.75) is 56.7 Å². The van der Waals surface area contributed by atoms with Gasteiger partial charge in [0.25, 0.3) is 0 Å². The van der Waals surface area contributed by atoms with Gasteiger partial charge in [-0.2, -0.15) is 0 Å². The van der Waals surface area contributed by atoms with Crippen molar-refractivity contribution in [3.8, 4) is 0 Å². The highest BCUT2D eigenvalue weighted by molar-refractivity contribution is 7.45. The minimum Gasteiger partial charge on any atom is -0.313 e. The zero-order valence-electron chi connectivity index (χ0n) is 39.5. The van der Waals surface area contributed by atoms with Crippen molar-refractivity contribution in [1.82, 2.24) is 16.0 Å². The molecule has 3 atom stereocenters. The predicted molar refractivity (Wildman–Crippen MR) is 286 cm³/mol. The number of benzene rings is 9. The molecule has 0 spiro atoms. The molecule has 0 aromatic heterocycles. The summed E-state index contributed by atoms with van der Waals surface area (Å²) in [4.78, 5) is 21.6. The van der Waals surface area contributed by atoms with Crippen LogP contribution in [0.25, 0.3) is 32.3 Å². The molecule has 0 aliphatic carbocycles. The largest absolute Gasteiger partial charge is 0.466 e. The van der Waals surface area contributed by atoms with E-state index in [4.69, 9.17) is 19.2 Å². The third-order valence-corrected chi connectivity index (χ3v) is 12.4. The SMILES string of the molecule is CNC(CCc1cccc2ccccc12)c1ccccc1.CNC(CCc1cccc2ccccc12)c1ccccc1.CNC(CCc1cccc2ccccc12)c1ccccc1.O=P(O)(O)O. The summed E-state index contributed by atoms with van der Waals surface area (Å²) in [6.07, 6.45) is 6.57. The third-order valence-electron chi connectivity index (χ3n) is 12.4. The second-order valence-corrected chi connectivity index (χ2v) is 17.8. The van der Waals surface area contributed by atoms with Crippen molar-refractivity contribution in [2.24, 2.45) is 0 Å². The van der Waals surface area contributed by atoms with Crippen LogP contribution in [-0.2, 0) is 23.8 Å². The van der Waals surface area contributed by atoms with Crippen LogP contribution in [0.1, 0.15) is 70.8 Å². The first-order chi connectivity index (χ1) is 33.1. The first kappa shape index (κ1) is 51.1. The van der Waals surface area contributed by atoms with Crippen LogP contribution < -0.4 is 16.0 Å². The fourth-order valence-corrected chi connectivity index (χ4v) is 8.92. The summed E-state index contributed by atoms with van der Waals surface area (Å²) >= 11 is 0. The van der Waals surface area contributed by atoms with Crippen molar-refractivity contribution < 1.29 is 19.2 Å². The lowest BCUT2D eigenvalue weighted by Crippen LogP contribution is -2.17. The van der Waals surface area contributed by atoms with E-state index >= 15 is 0 Å². The number of aryl methyl sites for hydroxylation is 3. The van der Waals surface area contributed by atoms with Gasteiger partial charge in [-0.15, -0.1) is 0 Å². The normalized spacial score (nSPS) is 12.4.